The zero-order valence-electron chi connectivity index (χ0n) is 11.5. The fraction of sp³-hybridized carbons (Fsp3) is 0.231. The predicted octanol–water partition coefficient (Wildman–Crippen LogP) is 1.97. The molecule has 0 amide bonds. The maximum Gasteiger partial charge on any atom is 0.346 e. The van der Waals surface area contributed by atoms with Gasteiger partial charge in [-0.15, -0.1) is 11.3 Å². The average molecular weight is 326 g/mol. The Morgan fingerprint density at radius 1 is 1.43 bits per heavy atom. The molecule has 0 aliphatic heterocycles. The third-order valence-electron chi connectivity index (χ3n) is 2.86. The largest absolute Gasteiger partial charge is 0.477 e. The Bertz CT molecular complexity index is 754. The van der Waals surface area contributed by atoms with E-state index in [0.29, 0.717) is 11.3 Å². The second-order valence-electron chi connectivity index (χ2n) is 4.46. The van der Waals surface area contributed by atoms with Gasteiger partial charge in [-0.2, -0.15) is 4.31 Å². The molecule has 112 valence electrons. The number of thiophene rings is 1. The summed E-state index contributed by atoms with van der Waals surface area (Å²) in [5, 5.41) is 9.01. The van der Waals surface area contributed by atoms with Crippen LogP contribution in [0.3, 0.4) is 0 Å². The molecule has 2 rings (SSSR count). The molecule has 0 atom stereocenters. The molecule has 8 heteroatoms. The molecule has 2 aromatic heterocycles. The summed E-state index contributed by atoms with van der Waals surface area (Å²) in [5.74, 6) is -1.12. The molecule has 21 heavy (non-hydrogen) atoms. The second kappa shape index (κ2) is 5.92. The van der Waals surface area contributed by atoms with Crippen LogP contribution in [0.4, 0.5) is 0 Å². The van der Waals surface area contributed by atoms with E-state index in [1.54, 1.807) is 31.3 Å². The summed E-state index contributed by atoms with van der Waals surface area (Å²) in [6, 6.07) is 6.65. The Labute approximate surface area is 126 Å². The molecule has 0 radical (unpaired) electrons. The number of aromatic nitrogens is 1. The van der Waals surface area contributed by atoms with Crippen LogP contribution in [-0.4, -0.2) is 35.8 Å². The number of hydrogen-bond acceptors (Lipinski definition) is 5. The zero-order valence-corrected chi connectivity index (χ0v) is 13.1. The van der Waals surface area contributed by atoms with Gasteiger partial charge >= 0.3 is 5.97 Å². The monoisotopic (exact) mass is 326 g/mol. The van der Waals surface area contributed by atoms with Gasteiger partial charge in [-0.05, 0) is 30.7 Å². The van der Waals surface area contributed by atoms with Crippen LogP contribution in [0.2, 0.25) is 0 Å². The smallest absolute Gasteiger partial charge is 0.346 e. The van der Waals surface area contributed by atoms with E-state index in [4.69, 9.17) is 5.11 Å². The molecule has 0 unspecified atom stereocenters. The van der Waals surface area contributed by atoms with Gasteiger partial charge in [0.2, 0.25) is 0 Å². The van der Waals surface area contributed by atoms with Crippen molar-refractivity contribution in [2.45, 2.75) is 17.7 Å². The molecule has 0 fully saturated rings. The minimum atomic E-state index is -3.72. The number of hydrogen-bond donors (Lipinski definition) is 1. The molecule has 0 saturated carbocycles. The molecule has 1 N–H and O–H groups in total. The summed E-state index contributed by atoms with van der Waals surface area (Å²) >= 11 is 0.764. The lowest BCUT2D eigenvalue weighted by Crippen LogP contribution is -2.26. The number of rotatable bonds is 5. The minimum absolute atomic E-state index is 0.0239. The molecular formula is C13H14N2O4S2. The topological polar surface area (TPSA) is 87.6 Å². The van der Waals surface area contributed by atoms with Crippen LogP contribution in [-0.2, 0) is 16.6 Å². The van der Waals surface area contributed by atoms with E-state index in [1.807, 2.05) is 0 Å². The van der Waals surface area contributed by atoms with E-state index >= 15 is 0 Å². The van der Waals surface area contributed by atoms with Gasteiger partial charge in [0.25, 0.3) is 10.0 Å². The average Bonchev–Trinajstić information content (AvgIpc) is 2.82. The van der Waals surface area contributed by atoms with Crippen molar-refractivity contribution in [2.24, 2.45) is 0 Å². The minimum Gasteiger partial charge on any atom is -0.477 e. The number of carboxylic acid groups (broad SMARTS) is 1. The molecule has 2 heterocycles. The van der Waals surface area contributed by atoms with E-state index in [2.05, 4.69) is 4.98 Å². The summed E-state index contributed by atoms with van der Waals surface area (Å²) < 4.78 is 26.1. The van der Waals surface area contributed by atoms with Gasteiger partial charge < -0.3 is 5.11 Å². The van der Waals surface area contributed by atoms with Crippen LogP contribution in [0.1, 0.15) is 20.9 Å². The van der Waals surface area contributed by atoms with Crippen molar-refractivity contribution >= 4 is 27.3 Å². The standard InChI is InChI=1S/C13H14N2O4S2/c1-9-7-11(20-12(9)13(16)17)21(18,19)15(2)8-10-5-3-4-6-14-10/h3-7H,8H2,1-2H3,(H,16,17). The van der Waals surface area contributed by atoms with E-state index in [9.17, 15) is 13.2 Å². The SMILES string of the molecule is Cc1cc(S(=O)(=O)N(C)Cc2ccccn2)sc1C(=O)O. The van der Waals surface area contributed by atoms with Gasteiger partial charge in [0, 0.05) is 13.2 Å². The van der Waals surface area contributed by atoms with Crippen LogP contribution in [0.5, 0.6) is 0 Å². The number of sulfonamides is 1. The summed E-state index contributed by atoms with van der Waals surface area (Å²) in [5.41, 5.74) is 1.06. The number of nitrogens with zero attached hydrogens (tertiary/aromatic N) is 2. The first-order chi connectivity index (χ1) is 9.82. The Hall–Kier alpha value is -1.77. The first-order valence-corrected chi connectivity index (χ1v) is 8.28. The highest BCUT2D eigenvalue weighted by Gasteiger charge is 2.26. The van der Waals surface area contributed by atoms with Crippen LogP contribution in [0.25, 0.3) is 0 Å². The van der Waals surface area contributed by atoms with Crippen LogP contribution >= 0.6 is 11.3 Å². The first-order valence-electron chi connectivity index (χ1n) is 6.02. The van der Waals surface area contributed by atoms with Gasteiger partial charge in [0.05, 0.1) is 12.2 Å². The Morgan fingerprint density at radius 3 is 2.67 bits per heavy atom. The van der Waals surface area contributed by atoms with Crippen molar-refractivity contribution < 1.29 is 18.3 Å². The summed E-state index contributed by atoms with van der Waals surface area (Å²) in [6.07, 6.45) is 1.59. The predicted molar refractivity (Wildman–Crippen MR) is 78.9 cm³/mol. The molecule has 2 aromatic rings. The number of aromatic carboxylic acids is 1. The van der Waals surface area contributed by atoms with Gasteiger partial charge in [0.15, 0.2) is 0 Å². The van der Waals surface area contributed by atoms with Gasteiger partial charge in [-0.1, -0.05) is 6.07 Å². The van der Waals surface area contributed by atoms with Crippen molar-refractivity contribution in [1.29, 1.82) is 0 Å². The maximum atomic E-state index is 12.4. The Kier molecular flexibility index (Phi) is 4.40. The summed E-state index contributed by atoms with van der Waals surface area (Å²) in [4.78, 5) is 15.1. The van der Waals surface area contributed by atoms with Gasteiger partial charge in [0.1, 0.15) is 9.09 Å². The molecule has 0 aromatic carbocycles. The van der Waals surface area contributed by atoms with Gasteiger partial charge in [-0.3, -0.25) is 4.98 Å². The van der Waals surface area contributed by atoms with E-state index < -0.39 is 16.0 Å². The van der Waals surface area contributed by atoms with E-state index in [-0.39, 0.29) is 15.6 Å². The summed E-state index contributed by atoms with van der Waals surface area (Å²) in [6.45, 7) is 1.71. The number of carboxylic acids is 1. The Morgan fingerprint density at radius 2 is 2.14 bits per heavy atom. The van der Waals surface area contributed by atoms with Crippen molar-refractivity contribution in [1.82, 2.24) is 9.29 Å². The molecule has 0 bridgehead atoms. The highest BCUT2D eigenvalue weighted by Crippen LogP contribution is 2.28. The molecule has 0 aliphatic carbocycles. The maximum absolute atomic E-state index is 12.4. The first kappa shape index (κ1) is 15.6. The zero-order chi connectivity index (χ0) is 15.6. The number of aryl methyl sites for hydroxylation is 1. The lowest BCUT2D eigenvalue weighted by molar-refractivity contribution is 0.0701. The molecular weight excluding hydrogens is 312 g/mol. The van der Waals surface area contributed by atoms with Crippen molar-refractivity contribution in [3.63, 3.8) is 0 Å². The van der Waals surface area contributed by atoms with Gasteiger partial charge in [-0.25, -0.2) is 13.2 Å². The second-order valence-corrected chi connectivity index (χ2v) is 7.79. The van der Waals surface area contributed by atoms with E-state index in [1.165, 1.54) is 13.1 Å². The molecule has 0 spiro atoms. The quantitative estimate of drug-likeness (QED) is 0.907. The molecule has 0 saturated heterocycles. The van der Waals surface area contributed by atoms with Crippen molar-refractivity contribution in [2.75, 3.05) is 7.05 Å². The van der Waals surface area contributed by atoms with Crippen molar-refractivity contribution in [3.05, 3.63) is 46.6 Å². The third kappa shape index (κ3) is 3.29. The Balaban J connectivity index is 2.29. The lowest BCUT2D eigenvalue weighted by atomic mass is 10.3. The highest BCUT2D eigenvalue weighted by molar-refractivity contribution is 7.91. The summed E-state index contributed by atoms with van der Waals surface area (Å²) in [7, 11) is -2.28. The number of pyridine rings is 1. The molecule has 6 nitrogen and oxygen atoms in total. The van der Waals surface area contributed by atoms with Crippen LogP contribution in [0, 0.1) is 6.92 Å². The van der Waals surface area contributed by atoms with E-state index in [0.717, 1.165) is 15.6 Å². The normalized spacial score (nSPS) is 11.8. The lowest BCUT2D eigenvalue weighted by Gasteiger charge is -2.15. The van der Waals surface area contributed by atoms with Crippen LogP contribution < -0.4 is 0 Å². The van der Waals surface area contributed by atoms with Crippen LogP contribution in [0.15, 0.2) is 34.7 Å². The third-order valence-corrected chi connectivity index (χ3v) is 6.34. The van der Waals surface area contributed by atoms with Crippen molar-refractivity contribution in [3.8, 4) is 0 Å². The fourth-order valence-corrected chi connectivity index (χ4v) is 4.48. The number of carbonyl (C=O) groups is 1. The highest BCUT2D eigenvalue weighted by atomic mass is 32.2. The fourth-order valence-electron chi connectivity index (χ4n) is 1.75. The molecule has 0 aliphatic rings.